The molecule has 0 heterocycles. The zero-order valence-corrected chi connectivity index (χ0v) is 12.3. The van der Waals surface area contributed by atoms with Gasteiger partial charge in [0.25, 0.3) is 0 Å². The van der Waals surface area contributed by atoms with Crippen LogP contribution in [0.5, 0.6) is 0 Å². The third-order valence-electron chi connectivity index (χ3n) is 3.36. The molecule has 0 radical (unpaired) electrons. The Labute approximate surface area is 123 Å². The molecule has 0 saturated carbocycles. The van der Waals surface area contributed by atoms with Crippen LogP contribution in [0, 0.1) is 11.2 Å². The summed E-state index contributed by atoms with van der Waals surface area (Å²) in [6.45, 7) is 4.53. The molecular formula is C15H21FN2O3. The maximum Gasteiger partial charge on any atom is 0.337 e. The van der Waals surface area contributed by atoms with Crippen molar-refractivity contribution in [2.75, 3.05) is 11.9 Å². The number of anilines is 1. The van der Waals surface area contributed by atoms with E-state index in [1.54, 1.807) is 0 Å². The van der Waals surface area contributed by atoms with Crippen molar-refractivity contribution in [2.45, 2.75) is 33.1 Å². The van der Waals surface area contributed by atoms with E-state index in [-0.39, 0.29) is 23.1 Å². The quantitative estimate of drug-likeness (QED) is 0.721. The highest BCUT2D eigenvalue weighted by Gasteiger charge is 2.20. The Morgan fingerprint density at radius 1 is 1.33 bits per heavy atom. The summed E-state index contributed by atoms with van der Waals surface area (Å²) >= 11 is 0. The van der Waals surface area contributed by atoms with Gasteiger partial charge in [-0.2, -0.15) is 0 Å². The standard InChI is InChI=1S/C15H21FN2O3/c1-15(2,8-9-17)7-6-12(19)18-13-10(14(20)21)4-3-5-11(13)16/h3-5H,6-9,17H2,1-2H3,(H,18,19)(H,20,21). The Balaban J connectivity index is 2.74. The molecule has 1 aromatic carbocycles. The summed E-state index contributed by atoms with van der Waals surface area (Å²) in [5.41, 5.74) is 4.87. The zero-order chi connectivity index (χ0) is 16.0. The molecule has 1 aromatic rings. The molecule has 0 unspecified atom stereocenters. The van der Waals surface area contributed by atoms with Gasteiger partial charge in [-0.3, -0.25) is 4.79 Å². The van der Waals surface area contributed by atoms with Crippen molar-refractivity contribution in [3.8, 4) is 0 Å². The first kappa shape index (κ1) is 17.1. The van der Waals surface area contributed by atoms with Crippen LogP contribution >= 0.6 is 0 Å². The van der Waals surface area contributed by atoms with Gasteiger partial charge in [0.15, 0.2) is 0 Å². The Bertz CT molecular complexity index is 530. The second-order valence-electron chi connectivity index (χ2n) is 5.72. The van der Waals surface area contributed by atoms with Crippen LogP contribution in [0.2, 0.25) is 0 Å². The number of hydrogen-bond acceptors (Lipinski definition) is 3. The van der Waals surface area contributed by atoms with Crippen molar-refractivity contribution in [2.24, 2.45) is 11.1 Å². The van der Waals surface area contributed by atoms with Crippen LogP contribution in [-0.2, 0) is 4.79 Å². The number of para-hydroxylation sites is 1. The van der Waals surface area contributed by atoms with Crippen molar-refractivity contribution >= 4 is 17.6 Å². The van der Waals surface area contributed by atoms with Gasteiger partial charge in [0.05, 0.1) is 11.3 Å². The maximum absolute atomic E-state index is 13.7. The van der Waals surface area contributed by atoms with Crippen molar-refractivity contribution in [1.29, 1.82) is 0 Å². The van der Waals surface area contributed by atoms with E-state index in [1.165, 1.54) is 12.1 Å². The van der Waals surface area contributed by atoms with Crippen LogP contribution < -0.4 is 11.1 Å². The summed E-state index contributed by atoms with van der Waals surface area (Å²) in [6.07, 6.45) is 1.55. The minimum Gasteiger partial charge on any atom is -0.478 e. The lowest BCUT2D eigenvalue weighted by atomic mass is 9.84. The molecule has 5 nitrogen and oxygen atoms in total. The topological polar surface area (TPSA) is 92.4 Å². The molecular weight excluding hydrogens is 275 g/mol. The SMILES string of the molecule is CC(C)(CCN)CCC(=O)Nc1c(F)cccc1C(=O)O. The fourth-order valence-corrected chi connectivity index (χ4v) is 2.00. The van der Waals surface area contributed by atoms with E-state index in [0.29, 0.717) is 13.0 Å². The summed E-state index contributed by atoms with van der Waals surface area (Å²) in [7, 11) is 0. The number of carbonyl (C=O) groups is 2. The van der Waals surface area contributed by atoms with Crippen molar-refractivity contribution in [3.63, 3.8) is 0 Å². The van der Waals surface area contributed by atoms with E-state index in [1.807, 2.05) is 13.8 Å². The van der Waals surface area contributed by atoms with Crippen LogP contribution in [0.15, 0.2) is 18.2 Å². The van der Waals surface area contributed by atoms with E-state index in [4.69, 9.17) is 10.8 Å². The number of halogens is 1. The molecule has 0 fully saturated rings. The van der Waals surface area contributed by atoms with E-state index >= 15 is 0 Å². The molecule has 0 aromatic heterocycles. The average Bonchev–Trinajstić information content (AvgIpc) is 2.38. The van der Waals surface area contributed by atoms with Gasteiger partial charge in [0, 0.05) is 6.42 Å². The van der Waals surface area contributed by atoms with E-state index in [0.717, 1.165) is 12.5 Å². The number of benzene rings is 1. The fraction of sp³-hybridized carbons (Fsp3) is 0.467. The normalized spacial score (nSPS) is 11.2. The lowest BCUT2D eigenvalue weighted by Gasteiger charge is -2.23. The predicted molar refractivity (Wildman–Crippen MR) is 78.7 cm³/mol. The van der Waals surface area contributed by atoms with E-state index in [2.05, 4.69) is 5.32 Å². The van der Waals surface area contributed by atoms with Gasteiger partial charge in [-0.1, -0.05) is 19.9 Å². The van der Waals surface area contributed by atoms with Crippen molar-refractivity contribution in [1.82, 2.24) is 0 Å². The molecule has 4 N–H and O–H groups in total. The monoisotopic (exact) mass is 296 g/mol. The molecule has 0 saturated heterocycles. The molecule has 6 heteroatoms. The highest BCUT2D eigenvalue weighted by Crippen LogP contribution is 2.26. The Morgan fingerprint density at radius 2 is 2.00 bits per heavy atom. The number of amides is 1. The lowest BCUT2D eigenvalue weighted by molar-refractivity contribution is -0.116. The number of aromatic carboxylic acids is 1. The van der Waals surface area contributed by atoms with Crippen LogP contribution in [0.1, 0.15) is 43.5 Å². The molecule has 1 amide bonds. The first-order chi connectivity index (χ1) is 9.76. The van der Waals surface area contributed by atoms with E-state index < -0.39 is 17.7 Å². The maximum atomic E-state index is 13.7. The highest BCUT2D eigenvalue weighted by molar-refractivity contribution is 6.00. The molecule has 0 spiro atoms. The number of rotatable bonds is 7. The number of nitrogens with one attached hydrogen (secondary N) is 1. The van der Waals surface area contributed by atoms with Crippen LogP contribution in [0.25, 0.3) is 0 Å². The zero-order valence-electron chi connectivity index (χ0n) is 12.3. The third kappa shape index (κ3) is 5.15. The highest BCUT2D eigenvalue weighted by atomic mass is 19.1. The van der Waals surface area contributed by atoms with Crippen molar-refractivity contribution in [3.05, 3.63) is 29.6 Å². The van der Waals surface area contributed by atoms with Crippen molar-refractivity contribution < 1.29 is 19.1 Å². The fourth-order valence-electron chi connectivity index (χ4n) is 2.00. The molecule has 0 aliphatic rings. The summed E-state index contributed by atoms with van der Waals surface area (Å²) in [5.74, 6) is -2.45. The first-order valence-corrected chi connectivity index (χ1v) is 6.78. The molecule has 0 atom stereocenters. The number of carboxylic acids is 1. The summed E-state index contributed by atoms with van der Waals surface area (Å²) < 4.78 is 13.7. The molecule has 21 heavy (non-hydrogen) atoms. The lowest BCUT2D eigenvalue weighted by Crippen LogP contribution is -2.21. The van der Waals surface area contributed by atoms with Gasteiger partial charge in [-0.15, -0.1) is 0 Å². The smallest absolute Gasteiger partial charge is 0.337 e. The van der Waals surface area contributed by atoms with Crippen LogP contribution in [-0.4, -0.2) is 23.5 Å². The van der Waals surface area contributed by atoms with Crippen LogP contribution in [0.3, 0.4) is 0 Å². The molecule has 0 aliphatic heterocycles. The van der Waals surface area contributed by atoms with Crippen LogP contribution in [0.4, 0.5) is 10.1 Å². The third-order valence-corrected chi connectivity index (χ3v) is 3.36. The largest absolute Gasteiger partial charge is 0.478 e. The number of hydrogen-bond donors (Lipinski definition) is 3. The minimum atomic E-state index is -1.28. The second-order valence-corrected chi connectivity index (χ2v) is 5.72. The van der Waals surface area contributed by atoms with Gasteiger partial charge >= 0.3 is 5.97 Å². The molecule has 116 valence electrons. The van der Waals surface area contributed by atoms with E-state index in [9.17, 15) is 14.0 Å². The minimum absolute atomic E-state index is 0.0864. The van der Waals surface area contributed by atoms with Gasteiger partial charge in [-0.05, 0) is 36.9 Å². The average molecular weight is 296 g/mol. The second kappa shape index (κ2) is 7.17. The number of nitrogens with two attached hydrogens (primary N) is 1. The number of carbonyl (C=O) groups excluding carboxylic acids is 1. The Kier molecular flexibility index (Phi) is 5.84. The van der Waals surface area contributed by atoms with Gasteiger partial charge < -0.3 is 16.2 Å². The molecule has 1 rings (SSSR count). The Morgan fingerprint density at radius 3 is 2.57 bits per heavy atom. The Hall–Kier alpha value is -1.95. The van der Waals surface area contributed by atoms with Gasteiger partial charge in [-0.25, -0.2) is 9.18 Å². The summed E-state index contributed by atoms with van der Waals surface area (Å²) in [6, 6.07) is 3.65. The summed E-state index contributed by atoms with van der Waals surface area (Å²) in [5, 5.41) is 11.3. The number of carboxylic acid groups (broad SMARTS) is 1. The van der Waals surface area contributed by atoms with Gasteiger partial charge in [0.2, 0.25) is 5.91 Å². The first-order valence-electron chi connectivity index (χ1n) is 6.78. The molecule has 0 bridgehead atoms. The predicted octanol–water partition coefficient (Wildman–Crippen LogP) is 2.62. The van der Waals surface area contributed by atoms with Gasteiger partial charge in [0.1, 0.15) is 5.82 Å². The molecule has 0 aliphatic carbocycles. The summed E-state index contributed by atoms with van der Waals surface area (Å²) in [4.78, 5) is 22.9.